The molecule has 0 amide bonds. The highest BCUT2D eigenvalue weighted by Crippen LogP contribution is 2.11. The number of rotatable bonds is 31. The Morgan fingerprint density at radius 1 is 0.595 bits per heavy atom. The van der Waals surface area contributed by atoms with E-state index < -0.39 is 6.10 Å². The molecule has 1 unspecified atom stereocenters. The van der Waals surface area contributed by atoms with Crippen LogP contribution in [0.3, 0.4) is 0 Å². The molecule has 0 aliphatic heterocycles. The SMILES string of the molecule is CC/C=C\C/C=C\C/C=C\C/C=C\CCCCCCCCC(=O)OC(CO)COCCCCCCCC/C=C\CCC. The van der Waals surface area contributed by atoms with Gasteiger partial charge in [0.25, 0.3) is 0 Å². The first kappa shape index (κ1) is 40.1. The summed E-state index contributed by atoms with van der Waals surface area (Å²) in [7, 11) is 0. The van der Waals surface area contributed by atoms with Crippen molar-refractivity contribution < 1.29 is 19.4 Å². The molecule has 4 heteroatoms. The van der Waals surface area contributed by atoms with Gasteiger partial charge in [0.05, 0.1) is 13.2 Å². The Kier molecular flexibility index (Phi) is 33.7. The lowest BCUT2D eigenvalue weighted by Crippen LogP contribution is -2.27. The Bertz CT molecular complexity index is 704. The first-order valence-corrected chi connectivity index (χ1v) is 17.4. The number of esters is 1. The molecule has 242 valence electrons. The van der Waals surface area contributed by atoms with E-state index in [1.807, 2.05) is 0 Å². The van der Waals surface area contributed by atoms with E-state index >= 15 is 0 Å². The van der Waals surface area contributed by atoms with Crippen molar-refractivity contribution in [2.24, 2.45) is 0 Å². The molecule has 0 spiro atoms. The molecule has 0 aliphatic rings. The first-order valence-electron chi connectivity index (χ1n) is 17.4. The summed E-state index contributed by atoms with van der Waals surface area (Å²) in [4.78, 5) is 12.1. The highest BCUT2D eigenvalue weighted by molar-refractivity contribution is 5.69. The quantitative estimate of drug-likeness (QED) is 0.0499. The monoisotopic (exact) mass is 586 g/mol. The van der Waals surface area contributed by atoms with E-state index in [0.717, 1.165) is 57.8 Å². The Labute approximate surface area is 260 Å². The maximum atomic E-state index is 12.1. The molecule has 0 rings (SSSR count). The van der Waals surface area contributed by atoms with Crippen molar-refractivity contribution in [3.8, 4) is 0 Å². The zero-order valence-electron chi connectivity index (χ0n) is 27.5. The molecule has 1 atom stereocenters. The minimum absolute atomic E-state index is 0.183. The van der Waals surface area contributed by atoms with Crippen LogP contribution in [-0.4, -0.2) is 37.0 Å². The third kappa shape index (κ3) is 32.6. The van der Waals surface area contributed by atoms with Crippen molar-refractivity contribution in [1.82, 2.24) is 0 Å². The van der Waals surface area contributed by atoms with E-state index in [1.165, 1.54) is 70.6 Å². The van der Waals surface area contributed by atoms with E-state index in [2.05, 4.69) is 74.6 Å². The standard InChI is InChI=1S/C38H66O4/c1-3-5-7-9-11-13-15-16-17-18-19-20-21-22-23-25-27-29-31-33-38(40)42-37(35-39)36-41-34-32-30-28-26-24-14-12-10-8-6-4-2/h5,7-8,10-11,13,16-17,19-20,37,39H,3-4,6,9,12,14-15,18,21-36H2,1-2H3/b7-5-,10-8-,13-11-,17-16-,20-19-. The van der Waals surface area contributed by atoms with Crippen LogP contribution in [0.15, 0.2) is 60.8 Å². The molecule has 42 heavy (non-hydrogen) atoms. The maximum Gasteiger partial charge on any atom is 0.306 e. The van der Waals surface area contributed by atoms with Crippen LogP contribution in [0, 0.1) is 0 Å². The summed E-state index contributed by atoms with van der Waals surface area (Å²) >= 11 is 0. The van der Waals surface area contributed by atoms with Gasteiger partial charge in [-0.3, -0.25) is 4.79 Å². The van der Waals surface area contributed by atoms with Crippen molar-refractivity contribution in [3.05, 3.63) is 60.8 Å². The normalized spacial score (nSPS) is 13.1. The number of unbranched alkanes of at least 4 members (excludes halogenated alkanes) is 13. The van der Waals surface area contributed by atoms with Gasteiger partial charge in [0, 0.05) is 13.0 Å². The second-order valence-electron chi connectivity index (χ2n) is 11.2. The van der Waals surface area contributed by atoms with E-state index in [-0.39, 0.29) is 19.2 Å². The van der Waals surface area contributed by atoms with Crippen molar-refractivity contribution in [3.63, 3.8) is 0 Å². The van der Waals surface area contributed by atoms with Crippen LogP contribution in [-0.2, 0) is 14.3 Å². The van der Waals surface area contributed by atoms with Gasteiger partial charge < -0.3 is 14.6 Å². The predicted molar refractivity (Wildman–Crippen MR) is 182 cm³/mol. The molecule has 0 saturated carbocycles. The van der Waals surface area contributed by atoms with Crippen LogP contribution < -0.4 is 0 Å². The molecule has 0 aromatic carbocycles. The highest BCUT2D eigenvalue weighted by atomic mass is 16.6. The fourth-order valence-corrected chi connectivity index (χ4v) is 4.50. The van der Waals surface area contributed by atoms with Gasteiger partial charge in [-0.1, -0.05) is 132 Å². The molecule has 0 radical (unpaired) electrons. The summed E-state index contributed by atoms with van der Waals surface area (Å²) in [5, 5.41) is 9.53. The molecule has 0 heterocycles. The van der Waals surface area contributed by atoms with Gasteiger partial charge in [-0.2, -0.15) is 0 Å². The van der Waals surface area contributed by atoms with E-state index in [4.69, 9.17) is 9.47 Å². The molecular weight excluding hydrogens is 520 g/mol. The summed E-state index contributed by atoms with van der Waals surface area (Å²) in [6, 6.07) is 0. The lowest BCUT2D eigenvalue weighted by atomic mass is 10.1. The predicted octanol–water partition coefficient (Wildman–Crippen LogP) is 10.9. The zero-order valence-corrected chi connectivity index (χ0v) is 27.5. The molecule has 0 aromatic rings. The molecule has 0 fully saturated rings. The Morgan fingerprint density at radius 2 is 1.07 bits per heavy atom. The minimum Gasteiger partial charge on any atom is -0.457 e. The molecule has 0 aromatic heterocycles. The van der Waals surface area contributed by atoms with Crippen LogP contribution in [0.5, 0.6) is 0 Å². The summed E-state index contributed by atoms with van der Waals surface area (Å²) < 4.78 is 11.1. The molecule has 0 saturated heterocycles. The molecule has 1 N–H and O–H groups in total. The average molecular weight is 587 g/mol. The molecule has 0 bridgehead atoms. The summed E-state index contributed by atoms with van der Waals surface area (Å²) in [6.07, 6.45) is 45.4. The van der Waals surface area contributed by atoms with E-state index in [0.29, 0.717) is 13.0 Å². The Morgan fingerprint density at radius 3 is 1.64 bits per heavy atom. The number of aliphatic hydroxyl groups excluding tert-OH is 1. The van der Waals surface area contributed by atoms with Gasteiger partial charge in [0.2, 0.25) is 0 Å². The number of carbonyl (C=O) groups excluding carboxylic acids is 1. The number of carbonyl (C=O) groups is 1. The largest absolute Gasteiger partial charge is 0.457 e. The number of ether oxygens (including phenoxy) is 2. The Hall–Kier alpha value is -1.91. The second-order valence-corrected chi connectivity index (χ2v) is 11.2. The van der Waals surface area contributed by atoms with Gasteiger partial charge >= 0.3 is 5.97 Å². The van der Waals surface area contributed by atoms with Crippen LogP contribution >= 0.6 is 0 Å². The topological polar surface area (TPSA) is 55.8 Å². The maximum absolute atomic E-state index is 12.1. The number of hydrogen-bond donors (Lipinski definition) is 1. The Balaban J connectivity index is 3.52. The van der Waals surface area contributed by atoms with Crippen molar-refractivity contribution in [2.75, 3.05) is 19.8 Å². The van der Waals surface area contributed by atoms with Crippen LogP contribution in [0.1, 0.15) is 149 Å². The number of aliphatic hydroxyl groups is 1. The molecular formula is C38H66O4. The van der Waals surface area contributed by atoms with Gasteiger partial charge in [-0.25, -0.2) is 0 Å². The van der Waals surface area contributed by atoms with Gasteiger partial charge in [-0.15, -0.1) is 0 Å². The fraction of sp³-hybridized carbons (Fsp3) is 0.711. The number of hydrogen-bond acceptors (Lipinski definition) is 4. The first-order chi connectivity index (χ1) is 20.7. The molecule has 4 nitrogen and oxygen atoms in total. The second kappa shape index (κ2) is 35.3. The van der Waals surface area contributed by atoms with Gasteiger partial charge in [-0.05, 0) is 70.6 Å². The lowest BCUT2D eigenvalue weighted by Gasteiger charge is -2.15. The van der Waals surface area contributed by atoms with E-state index in [9.17, 15) is 9.90 Å². The molecule has 0 aliphatic carbocycles. The van der Waals surface area contributed by atoms with Crippen LogP contribution in [0.25, 0.3) is 0 Å². The summed E-state index contributed by atoms with van der Waals surface area (Å²) in [6.45, 7) is 5.13. The summed E-state index contributed by atoms with van der Waals surface area (Å²) in [5.74, 6) is -0.221. The zero-order chi connectivity index (χ0) is 30.6. The van der Waals surface area contributed by atoms with E-state index in [1.54, 1.807) is 0 Å². The van der Waals surface area contributed by atoms with Crippen molar-refractivity contribution in [2.45, 2.75) is 155 Å². The van der Waals surface area contributed by atoms with Gasteiger partial charge in [0.1, 0.15) is 6.10 Å². The highest BCUT2D eigenvalue weighted by Gasteiger charge is 2.13. The van der Waals surface area contributed by atoms with Gasteiger partial charge in [0.15, 0.2) is 0 Å². The van der Waals surface area contributed by atoms with Crippen molar-refractivity contribution >= 4 is 5.97 Å². The van der Waals surface area contributed by atoms with Crippen LogP contribution in [0.2, 0.25) is 0 Å². The minimum atomic E-state index is -0.545. The smallest absolute Gasteiger partial charge is 0.306 e. The number of allylic oxidation sites excluding steroid dienone is 10. The van der Waals surface area contributed by atoms with Crippen LogP contribution in [0.4, 0.5) is 0 Å². The lowest BCUT2D eigenvalue weighted by molar-refractivity contribution is -0.154. The summed E-state index contributed by atoms with van der Waals surface area (Å²) in [5.41, 5.74) is 0. The van der Waals surface area contributed by atoms with Crippen molar-refractivity contribution in [1.29, 1.82) is 0 Å². The fourth-order valence-electron chi connectivity index (χ4n) is 4.50. The third-order valence-electron chi connectivity index (χ3n) is 7.06. The average Bonchev–Trinajstić information content (AvgIpc) is 3.00. The third-order valence-corrected chi connectivity index (χ3v) is 7.06.